The van der Waals surface area contributed by atoms with Gasteiger partial charge in [-0.2, -0.15) is 26.3 Å². The predicted octanol–water partition coefficient (Wildman–Crippen LogP) is 3.66. The fourth-order valence-corrected chi connectivity index (χ4v) is 0. The molecular formula is C8H18F8O6P2S2. The molecule has 0 aliphatic carbocycles. The Labute approximate surface area is 147 Å². The molecule has 18 heteroatoms. The number of hydrogen-bond donors (Lipinski definition) is 0. The molecule has 0 atom stereocenters. The van der Waals surface area contributed by atoms with Crippen molar-refractivity contribution in [3.05, 3.63) is 0 Å². The second kappa shape index (κ2) is 11.2. The molecule has 0 radical (unpaired) electrons. The number of halogens is 8. The van der Waals surface area contributed by atoms with Crippen LogP contribution < -0.4 is 0 Å². The third-order valence-electron chi connectivity index (χ3n) is 0.567. The van der Waals surface area contributed by atoms with Gasteiger partial charge in [0.05, 0.1) is 40.0 Å². The molecule has 0 fully saturated rings. The normalized spacial score (nSPS) is 13.2. The monoisotopic (exact) mass is 488 g/mol. The first-order chi connectivity index (χ1) is 10.5. The van der Waals surface area contributed by atoms with E-state index in [1.807, 2.05) is 0 Å². The number of rotatable bonds is 0. The summed E-state index contributed by atoms with van der Waals surface area (Å²) in [4.78, 5) is 0. The predicted molar refractivity (Wildman–Crippen MR) is 83.1 cm³/mol. The largest absolute Gasteiger partial charge is 0.741 e. The molecule has 0 N–H and O–H groups in total. The van der Waals surface area contributed by atoms with Crippen molar-refractivity contribution < 1.29 is 60.7 Å². The van der Waals surface area contributed by atoms with Gasteiger partial charge in [0.1, 0.15) is 0 Å². The summed E-state index contributed by atoms with van der Waals surface area (Å²) in [6, 6.07) is 0. The third-order valence-corrected chi connectivity index (χ3v) is 1.70. The van der Waals surface area contributed by atoms with Crippen molar-refractivity contribution in [1.82, 2.24) is 0 Å². The maximum Gasteiger partial charge on any atom is 0.485 e. The Hall–Kier alpha value is 0.120. The van der Waals surface area contributed by atoms with Crippen molar-refractivity contribution >= 4 is 35.4 Å². The Bertz CT molecular complexity index is 520. The standard InChI is InChI=1S/2C3H9FP.2CHF3O3S/c2*1-5(2,3)4;2*2-1(3,4)8(5,6)7/h2*1-3H3;2*(H,5,6,7)/q2*+1;;/p-2. The summed E-state index contributed by atoms with van der Waals surface area (Å²) < 4.78 is 141. The van der Waals surface area contributed by atoms with Gasteiger partial charge in [-0.05, 0) is 0 Å². The van der Waals surface area contributed by atoms with Crippen LogP contribution in [-0.2, 0) is 20.2 Å². The lowest BCUT2D eigenvalue weighted by molar-refractivity contribution is -0.0522. The molecule has 0 amide bonds. The molecule has 6 nitrogen and oxygen atoms in total. The van der Waals surface area contributed by atoms with E-state index >= 15 is 0 Å². The van der Waals surface area contributed by atoms with Crippen LogP contribution in [0.5, 0.6) is 0 Å². The summed E-state index contributed by atoms with van der Waals surface area (Å²) in [5.41, 5.74) is -11.3. The molecule has 0 rings (SSSR count). The van der Waals surface area contributed by atoms with Crippen molar-refractivity contribution in [2.75, 3.05) is 40.0 Å². The molecule has 0 aromatic heterocycles. The molecule has 0 bridgehead atoms. The van der Waals surface area contributed by atoms with E-state index in [9.17, 15) is 34.7 Å². The van der Waals surface area contributed by atoms with Gasteiger partial charge in [-0.3, -0.25) is 0 Å². The van der Waals surface area contributed by atoms with Crippen molar-refractivity contribution in [2.45, 2.75) is 11.0 Å². The molecule has 0 aromatic rings. The maximum atomic E-state index is 11.8. The molecule has 0 aliphatic rings. The van der Waals surface area contributed by atoms with Crippen molar-refractivity contribution in [2.24, 2.45) is 0 Å². The Morgan fingerprint density at radius 2 is 0.615 bits per heavy atom. The lowest BCUT2D eigenvalue weighted by Crippen LogP contribution is -2.21. The summed E-state index contributed by atoms with van der Waals surface area (Å²) in [7, 11) is -16.0. The minimum atomic E-state index is -6.09. The minimum Gasteiger partial charge on any atom is -0.741 e. The second-order valence-corrected chi connectivity index (χ2v) is 15.6. The first-order valence-corrected chi connectivity index (χ1v) is 14.4. The molecule has 0 saturated heterocycles. The average molecular weight is 488 g/mol. The zero-order valence-corrected chi connectivity index (χ0v) is 17.6. The Morgan fingerprint density at radius 3 is 0.615 bits per heavy atom. The highest BCUT2D eigenvalue weighted by Gasteiger charge is 2.37. The smallest absolute Gasteiger partial charge is 0.485 e. The molecule has 0 aromatic carbocycles. The Balaban J connectivity index is -0.000000127. The summed E-state index contributed by atoms with van der Waals surface area (Å²) in [5.74, 6) is 0. The van der Waals surface area contributed by atoms with E-state index in [2.05, 4.69) is 0 Å². The zero-order chi connectivity index (χ0) is 23.0. The van der Waals surface area contributed by atoms with Crippen LogP contribution in [0.1, 0.15) is 0 Å². The van der Waals surface area contributed by atoms with Crippen LogP contribution in [-0.4, -0.2) is 76.9 Å². The molecular weight excluding hydrogens is 470 g/mol. The minimum absolute atomic E-state index is 1.63. The van der Waals surface area contributed by atoms with Crippen LogP contribution in [0.4, 0.5) is 34.7 Å². The van der Waals surface area contributed by atoms with Gasteiger partial charge in [0.2, 0.25) is 0 Å². The number of hydrogen-bond acceptors (Lipinski definition) is 6. The SMILES string of the molecule is C[P+](C)(C)F.C[P+](C)(C)F.O=S(=O)([O-])C(F)(F)F.O=S(=O)([O-])C(F)(F)F. The van der Waals surface area contributed by atoms with E-state index in [-0.39, 0.29) is 0 Å². The lowest BCUT2D eigenvalue weighted by Gasteiger charge is -2.08. The lowest BCUT2D eigenvalue weighted by atomic mass is 11.6. The van der Waals surface area contributed by atoms with Crippen LogP contribution in [0.15, 0.2) is 0 Å². The van der Waals surface area contributed by atoms with Gasteiger partial charge >= 0.3 is 11.0 Å². The van der Waals surface area contributed by atoms with Crippen LogP contribution in [0.3, 0.4) is 0 Å². The summed E-state index contributed by atoms with van der Waals surface area (Å²) in [6.07, 6.45) is 0. The summed E-state index contributed by atoms with van der Waals surface area (Å²) in [6.45, 7) is 9.79. The first-order valence-electron chi connectivity index (χ1n) is 5.56. The molecule has 0 aliphatic heterocycles. The molecule has 0 heterocycles. The fourth-order valence-electron chi connectivity index (χ4n) is 0. The second-order valence-electron chi connectivity index (χ2n) is 5.50. The van der Waals surface area contributed by atoms with Gasteiger partial charge in [0, 0.05) is 0 Å². The van der Waals surface area contributed by atoms with E-state index in [0.717, 1.165) is 0 Å². The first kappa shape index (κ1) is 33.7. The number of alkyl halides is 6. The van der Waals surface area contributed by atoms with Gasteiger partial charge in [0.25, 0.3) is 0 Å². The van der Waals surface area contributed by atoms with E-state index in [0.29, 0.717) is 0 Å². The van der Waals surface area contributed by atoms with Gasteiger partial charge in [-0.1, -0.05) is 8.39 Å². The molecule has 0 saturated carbocycles. The molecule has 26 heavy (non-hydrogen) atoms. The van der Waals surface area contributed by atoms with Crippen molar-refractivity contribution in [3.63, 3.8) is 0 Å². The average Bonchev–Trinajstić information content (AvgIpc) is 2.04. The van der Waals surface area contributed by atoms with Gasteiger partial charge < -0.3 is 9.11 Å². The summed E-state index contributed by atoms with van der Waals surface area (Å²) in [5, 5.41) is 0. The van der Waals surface area contributed by atoms with E-state index in [1.165, 1.54) is 0 Å². The van der Waals surface area contributed by atoms with E-state index < -0.39 is 46.4 Å². The van der Waals surface area contributed by atoms with E-state index in [1.54, 1.807) is 40.0 Å². The van der Waals surface area contributed by atoms with Crippen molar-refractivity contribution in [3.8, 4) is 0 Å². The van der Waals surface area contributed by atoms with Crippen LogP contribution in [0.2, 0.25) is 0 Å². The zero-order valence-electron chi connectivity index (χ0n) is 14.2. The quantitative estimate of drug-likeness (QED) is 0.223. The van der Waals surface area contributed by atoms with Gasteiger partial charge in [-0.15, -0.1) is 0 Å². The molecule has 164 valence electrons. The Morgan fingerprint density at radius 1 is 0.577 bits per heavy atom. The van der Waals surface area contributed by atoms with E-state index in [4.69, 9.17) is 25.9 Å². The van der Waals surface area contributed by atoms with Gasteiger partial charge in [0.15, 0.2) is 35.4 Å². The highest BCUT2D eigenvalue weighted by Crippen LogP contribution is 2.48. The third kappa shape index (κ3) is 39.3. The Kier molecular flexibility index (Phi) is 14.5. The van der Waals surface area contributed by atoms with Gasteiger partial charge in [-0.25, -0.2) is 16.8 Å². The highest BCUT2D eigenvalue weighted by molar-refractivity contribution is 7.86. The van der Waals surface area contributed by atoms with Crippen LogP contribution in [0, 0.1) is 0 Å². The molecule has 0 unspecified atom stereocenters. The van der Waals surface area contributed by atoms with Crippen LogP contribution in [0.25, 0.3) is 0 Å². The van der Waals surface area contributed by atoms with Crippen molar-refractivity contribution in [1.29, 1.82) is 0 Å². The fraction of sp³-hybridized carbons (Fsp3) is 1.00. The molecule has 0 spiro atoms. The highest BCUT2D eigenvalue weighted by atomic mass is 32.2. The maximum absolute atomic E-state index is 11.8. The van der Waals surface area contributed by atoms with Crippen LogP contribution >= 0.6 is 15.1 Å². The summed E-state index contributed by atoms with van der Waals surface area (Å²) >= 11 is 0. The topological polar surface area (TPSA) is 114 Å².